The molecule has 2 fully saturated rings. The summed E-state index contributed by atoms with van der Waals surface area (Å²) in [6, 6.07) is 0. The minimum absolute atomic E-state index is 0.179. The molecule has 3 rings (SSSR count). The van der Waals surface area contributed by atoms with Gasteiger partial charge in [0.1, 0.15) is 0 Å². The third-order valence-electron chi connectivity index (χ3n) is 11.5. The molecule has 2 bridgehead atoms. The van der Waals surface area contributed by atoms with E-state index < -0.39 is 16.6 Å². The van der Waals surface area contributed by atoms with Crippen LogP contribution in [0.4, 0.5) is 0 Å². The maximum atomic E-state index is 7.47. The first-order valence-corrected chi connectivity index (χ1v) is 20.1. The Hall–Kier alpha value is 0.0938. The molecule has 0 aromatic rings. The molecule has 0 saturated heterocycles. The van der Waals surface area contributed by atoms with Crippen molar-refractivity contribution in [1.29, 1.82) is 0 Å². The SMILES string of the molecule is CC1(C)/C2=C/C[C@H]3[C@@H](O[Si](C)(C)C(C)(C)C)CCC[C@@]3(C)[C@H](O[Si](C)(C)C(C)(C)C)C[C@H]1CC2. The van der Waals surface area contributed by atoms with Crippen LogP contribution in [0.15, 0.2) is 11.6 Å². The molecule has 0 heterocycles. The van der Waals surface area contributed by atoms with E-state index in [0.29, 0.717) is 23.5 Å². The molecule has 5 atom stereocenters. The van der Waals surface area contributed by atoms with Crippen molar-refractivity contribution in [1.82, 2.24) is 0 Å². The number of hydrogen-bond acceptors (Lipinski definition) is 2. The molecule has 2 saturated carbocycles. The second-order valence-corrected chi connectivity index (χ2v) is 25.5. The van der Waals surface area contributed by atoms with E-state index in [-0.39, 0.29) is 15.5 Å². The second-order valence-electron chi connectivity index (χ2n) is 15.9. The van der Waals surface area contributed by atoms with Gasteiger partial charge in [-0.3, -0.25) is 0 Å². The average molecular weight is 507 g/mol. The van der Waals surface area contributed by atoms with Gasteiger partial charge in [-0.1, -0.05) is 80.4 Å². The van der Waals surface area contributed by atoms with Gasteiger partial charge in [0.2, 0.25) is 0 Å². The van der Waals surface area contributed by atoms with Crippen molar-refractivity contribution in [3.8, 4) is 0 Å². The molecule has 0 unspecified atom stereocenters. The van der Waals surface area contributed by atoms with Crippen LogP contribution in [-0.4, -0.2) is 28.8 Å². The van der Waals surface area contributed by atoms with Crippen LogP contribution < -0.4 is 0 Å². The number of fused-ring (bicyclic) bond motifs is 3. The summed E-state index contributed by atoms with van der Waals surface area (Å²) in [5.74, 6) is 1.28. The fourth-order valence-corrected chi connectivity index (χ4v) is 9.40. The molecule has 0 amide bonds. The van der Waals surface area contributed by atoms with Gasteiger partial charge in [-0.15, -0.1) is 0 Å². The molecule has 0 radical (unpaired) electrons. The largest absolute Gasteiger partial charge is 0.414 e. The Kier molecular flexibility index (Phi) is 7.70. The van der Waals surface area contributed by atoms with Gasteiger partial charge >= 0.3 is 0 Å². The summed E-state index contributed by atoms with van der Waals surface area (Å²) >= 11 is 0. The molecule has 4 heteroatoms. The van der Waals surface area contributed by atoms with Crippen LogP contribution in [-0.2, 0) is 8.85 Å². The molecular weight excluding hydrogens is 449 g/mol. The predicted molar refractivity (Wildman–Crippen MR) is 153 cm³/mol. The summed E-state index contributed by atoms with van der Waals surface area (Å²) in [7, 11) is -3.73. The molecule has 0 N–H and O–H groups in total. The lowest BCUT2D eigenvalue weighted by atomic mass is 9.60. The fraction of sp³-hybridized carbons (Fsp3) is 0.933. The first-order chi connectivity index (χ1) is 15.2. The lowest BCUT2D eigenvalue weighted by molar-refractivity contribution is -0.0861. The highest BCUT2D eigenvalue weighted by Crippen LogP contribution is 2.58. The van der Waals surface area contributed by atoms with Gasteiger partial charge < -0.3 is 8.85 Å². The number of allylic oxidation sites excluding steroid dienone is 2. The van der Waals surface area contributed by atoms with Crippen molar-refractivity contribution in [2.45, 2.75) is 156 Å². The standard InChI is InChI=1S/C30H58O2Si2/c1-27(2,3)33(10,11)31-25-15-14-20-30(9)24(25)19-18-22-16-17-23(29(22,7)8)21-26(30)32-34(12,13)28(4,5)6/h18,23-26H,14-17,19-21H2,1-13H3/b22-18+/t23-,24+,25+,26-,30-/m1/s1. The Morgan fingerprint density at radius 2 is 1.41 bits per heavy atom. The van der Waals surface area contributed by atoms with Crippen molar-refractivity contribution in [3.05, 3.63) is 11.6 Å². The van der Waals surface area contributed by atoms with E-state index in [1.165, 1.54) is 44.9 Å². The molecule has 0 aromatic heterocycles. The van der Waals surface area contributed by atoms with E-state index in [1.54, 1.807) is 5.57 Å². The fourth-order valence-electron chi connectivity index (χ4n) is 6.58. The van der Waals surface area contributed by atoms with E-state index in [0.717, 1.165) is 5.92 Å². The van der Waals surface area contributed by atoms with Crippen LogP contribution in [0.2, 0.25) is 36.3 Å². The highest BCUT2D eigenvalue weighted by Gasteiger charge is 2.55. The summed E-state index contributed by atoms with van der Waals surface area (Å²) in [6.45, 7) is 31.8. The molecule has 34 heavy (non-hydrogen) atoms. The Labute approximate surface area is 215 Å². The maximum Gasteiger partial charge on any atom is 0.192 e. The summed E-state index contributed by atoms with van der Waals surface area (Å²) in [5, 5.41) is 0.480. The Morgan fingerprint density at radius 1 is 0.853 bits per heavy atom. The van der Waals surface area contributed by atoms with Gasteiger partial charge in [0.15, 0.2) is 16.6 Å². The molecule has 2 nitrogen and oxygen atoms in total. The van der Waals surface area contributed by atoms with Crippen molar-refractivity contribution in [2.75, 3.05) is 0 Å². The van der Waals surface area contributed by atoms with E-state index in [9.17, 15) is 0 Å². The number of rotatable bonds is 4. The minimum atomic E-state index is -1.89. The van der Waals surface area contributed by atoms with Crippen LogP contribution in [0.25, 0.3) is 0 Å². The van der Waals surface area contributed by atoms with Crippen LogP contribution >= 0.6 is 0 Å². The van der Waals surface area contributed by atoms with Gasteiger partial charge in [-0.25, -0.2) is 0 Å². The van der Waals surface area contributed by atoms with Gasteiger partial charge in [-0.2, -0.15) is 0 Å². The summed E-state index contributed by atoms with van der Waals surface area (Å²) in [4.78, 5) is 0. The van der Waals surface area contributed by atoms with Crippen LogP contribution in [0.1, 0.15) is 107 Å². The molecule has 0 aromatic carbocycles. The predicted octanol–water partition coefficient (Wildman–Crippen LogP) is 9.73. The van der Waals surface area contributed by atoms with Crippen LogP contribution in [0.3, 0.4) is 0 Å². The first kappa shape index (κ1) is 28.7. The van der Waals surface area contributed by atoms with Crippen molar-refractivity contribution >= 4 is 16.6 Å². The van der Waals surface area contributed by atoms with Crippen molar-refractivity contribution in [2.24, 2.45) is 22.7 Å². The normalized spacial score (nSPS) is 36.7. The lowest BCUT2D eigenvalue weighted by Crippen LogP contribution is -2.56. The summed E-state index contributed by atoms with van der Waals surface area (Å²) < 4.78 is 14.7. The van der Waals surface area contributed by atoms with Gasteiger partial charge in [-0.05, 0) is 97.5 Å². The van der Waals surface area contributed by atoms with E-state index >= 15 is 0 Å². The van der Waals surface area contributed by atoms with E-state index in [4.69, 9.17) is 8.85 Å². The Balaban J connectivity index is 2.06. The van der Waals surface area contributed by atoms with E-state index in [1.807, 2.05) is 0 Å². The highest BCUT2D eigenvalue weighted by atomic mass is 28.4. The van der Waals surface area contributed by atoms with E-state index in [2.05, 4.69) is 94.6 Å². The maximum absolute atomic E-state index is 7.47. The average Bonchev–Trinajstić information content (AvgIpc) is 2.93. The molecule has 0 aliphatic heterocycles. The topological polar surface area (TPSA) is 18.5 Å². The zero-order chi connectivity index (χ0) is 26.0. The first-order valence-electron chi connectivity index (χ1n) is 14.3. The molecule has 198 valence electrons. The molecule has 0 spiro atoms. The molecule has 3 aliphatic carbocycles. The second kappa shape index (κ2) is 9.13. The lowest BCUT2D eigenvalue weighted by Gasteiger charge is -2.55. The van der Waals surface area contributed by atoms with Gasteiger partial charge in [0.05, 0.1) is 6.10 Å². The minimum Gasteiger partial charge on any atom is -0.414 e. The van der Waals surface area contributed by atoms with Gasteiger partial charge in [0, 0.05) is 6.10 Å². The zero-order valence-corrected chi connectivity index (χ0v) is 27.2. The quantitative estimate of drug-likeness (QED) is 0.279. The number of hydrogen-bond donors (Lipinski definition) is 0. The van der Waals surface area contributed by atoms with Crippen LogP contribution in [0, 0.1) is 22.7 Å². The summed E-state index contributed by atoms with van der Waals surface area (Å²) in [6.07, 6.45) is 12.1. The monoisotopic (exact) mass is 506 g/mol. The smallest absolute Gasteiger partial charge is 0.192 e. The van der Waals surface area contributed by atoms with Crippen LogP contribution in [0.5, 0.6) is 0 Å². The van der Waals surface area contributed by atoms with Crippen molar-refractivity contribution in [3.63, 3.8) is 0 Å². The summed E-state index contributed by atoms with van der Waals surface area (Å²) in [5.41, 5.74) is 2.19. The zero-order valence-electron chi connectivity index (χ0n) is 25.2. The third kappa shape index (κ3) is 5.22. The molecular formula is C30H58O2Si2. The van der Waals surface area contributed by atoms with Gasteiger partial charge in [0.25, 0.3) is 0 Å². The van der Waals surface area contributed by atoms with Crippen molar-refractivity contribution < 1.29 is 8.85 Å². The highest BCUT2D eigenvalue weighted by molar-refractivity contribution is 6.74. The Bertz CT molecular complexity index is 768. The third-order valence-corrected chi connectivity index (χ3v) is 20.4. The molecule has 3 aliphatic rings. The Morgan fingerprint density at radius 3 is 1.97 bits per heavy atom.